The molecule has 4 rings (SSSR count). The van der Waals surface area contributed by atoms with Crippen molar-refractivity contribution in [1.29, 1.82) is 0 Å². The second kappa shape index (κ2) is 7.97. The number of alkyl halides is 3. The van der Waals surface area contributed by atoms with Crippen molar-refractivity contribution in [2.24, 2.45) is 0 Å². The number of amides is 1. The van der Waals surface area contributed by atoms with Gasteiger partial charge in [0.05, 0.1) is 0 Å². The summed E-state index contributed by atoms with van der Waals surface area (Å²) in [5.41, 5.74) is -0.0487. The number of fused-ring (bicyclic) bond motifs is 1. The van der Waals surface area contributed by atoms with Crippen LogP contribution < -0.4 is 10.2 Å². The molecule has 3 aromatic heterocycles. The van der Waals surface area contributed by atoms with Gasteiger partial charge in [0.25, 0.3) is 5.91 Å². The lowest BCUT2D eigenvalue weighted by molar-refractivity contribution is -0.140. The summed E-state index contributed by atoms with van der Waals surface area (Å²) in [5, 5.41) is 3.06. The number of carbonyl (C=O) groups excluding carboxylic acids is 1. The first-order chi connectivity index (χ1) is 14.3. The number of hydrogen-bond acceptors (Lipinski definition) is 4. The van der Waals surface area contributed by atoms with E-state index in [1.54, 1.807) is 42.7 Å². The van der Waals surface area contributed by atoms with Crippen LogP contribution in [0.4, 0.5) is 19.0 Å². The van der Waals surface area contributed by atoms with E-state index >= 15 is 0 Å². The lowest BCUT2D eigenvalue weighted by atomic mass is 9.90. The van der Waals surface area contributed by atoms with Crippen LogP contribution in [0.2, 0.25) is 0 Å². The van der Waals surface area contributed by atoms with Crippen LogP contribution in [0.25, 0.3) is 5.65 Å². The summed E-state index contributed by atoms with van der Waals surface area (Å²) in [6.07, 6.45) is 3.00. The third kappa shape index (κ3) is 4.10. The zero-order valence-electron chi connectivity index (χ0n) is 16.4. The van der Waals surface area contributed by atoms with Gasteiger partial charge in [0, 0.05) is 43.3 Å². The van der Waals surface area contributed by atoms with E-state index in [1.165, 1.54) is 4.40 Å². The zero-order chi connectivity index (χ0) is 21.3. The Morgan fingerprint density at radius 1 is 1.13 bits per heavy atom. The van der Waals surface area contributed by atoms with Crippen molar-refractivity contribution in [1.82, 2.24) is 19.7 Å². The molecule has 0 unspecified atom stereocenters. The predicted octanol–water partition coefficient (Wildman–Crippen LogP) is 3.93. The maximum atomic E-state index is 13.1. The van der Waals surface area contributed by atoms with Gasteiger partial charge < -0.3 is 10.2 Å². The summed E-state index contributed by atoms with van der Waals surface area (Å²) < 4.78 is 40.7. The number of rotatable bonds is 4. The number of nitrogens with one attached hydrogen (secondary N) is 1. The van der Waals surface area contributed by atoms with Gasteiger partial charge in [-0.15, -0.1) is 0 Å². The molecule has 0 aliphatic heterocycles. The molecule has 0 radical (unpaired) electrons. The summed E-state index contributed by atoms with van der Waals surface area (Å²) in [7, 11) is 1.89. The minimum atomic E-state index is -4.48. The minimum Gasteiger partial charge on any atom is -0.358 e. The van der Waals surface area contributed by atoms with Crippen LogP contribution in [0.3, 0.4) is 0 Å². The normalized spacial score (nSPS) is 19.6. The summed E-state index contributed by atoms with van der Waals surface area (Å²) in [4.78, 5) is 22.0. The molecule has 0 aromatic carbocycles. The number of aromatic nitrogens is 3. The van der Waals surface area contributed by atoms with Gasteiger partial charge in [-0.2, -0.15) is 13.2 Å². The van der Waals surface area contributed by atoms with Crippen LogP contribution in [0.5, 0.6) is 0 Å². The van der Waals surface area contributed by atoms with Crippen LogP contribution in [-0.2, 0) is 6.18 Å². The molecule has 9 heteroatoms. The van der Waals surface area contributed by atoms with E-state index in [0.717, 1.165) is 31.9 Å². The Bertz CT molecular complexity index is 1030. The van der Waals surface area contributed by atoms with Crippen molar-refractivity contribution in [2.75, 3.05) is 11.9 Å². The van der Waals surface area contributed by atoms with Crippen LogP contribution in [0.15, 0.2) is 48.9 Å². The topological polar surface area (TPSA) is 62.5 Å². The van der Waals surface area contributed by atoms with Crippen LogP contribution in [0, 0.1) is 0 Å². The summed E-state index contributed by atoms with van der Waals surface area (Å²) >= 11 is 0. The molecule has 1 aliphatic carbocycles. The van der Waals surface area contributed by atoms with Crippen molar-refractivity contribution >= 4 is 17.4 Å². The SMILES string of the molecule is CN(c1cccc2nc(C(F)(F)F)cn12)C1CCC(NC(=O)c2ccncc2)CC1. The van der Waals surface area contributed by atoms with Gasteiger partial charge in [-0.25, -0.2) is 4.98 Å². The number of halogens is 3. The molecule has 0 saturated heterocycles. The van der Waals surface area contributed by atoms with Gasteiger partial charge in [-0.05, 0) is 49.9 Å². The highest BCUT2D eigenvalue weighted by Gasteiger charge is 2.34. The van der Waals surface area contributed by atoms with Crippen LogP contribution in [0.1, 0.15) is 41.7 Å². The van der Waals surface area contributed by atoms with Crippen LogP contribution in [-0.4, -0.2) is 39.4 Å². The highest BCUT2D eigenvalue weighted by molar-refractivity contribution is 5.94. The molecule has 0 atom stereocenters. The third-order valence-electron chi connectivity index (χ3n) is 5.64. The van der Waals surface area contributed by atoms with Crippen molar-refractivity contribution in [3.8, 4) is 0 Å². The Hall–Kier alpha value is -3.10. The molecular formula is C21H22F3N5O. The second-order valence-corrected chi connectivity index (χ2v) is 7.56. The Balaban J connectivity index is 1.43. The highest BCUT2D eigenvalue weighted by atomic mass is 19.4. The first kappa shape index (κ1) is 20.2. The summed E-state index contributed by atoms with van der Waals surface area (Å²) in [5.74, 6) is 0.553. The molecule has 0 bridgehead atoms. The van der Waals surface area contributed by atoms with E-state index in [2.05, 4.69) is 15.3 Å². The van der Waals surface area contributed by atoms with Crippen molar-refractivity contribution in [3.63, 3.8) is 0 Å². The molecular weight excluding hydrogens is 395 g/mol. The smallest absolute Gasteiger partial charge is 0.358 e. The number of nitrogens with zero attached hydrogens (tertiary/aromatic N) is 4. The maximum Gasteiger partial charge on any atom is 0.434 e. The highest BCUT2D eigenvalue weighted by Crippen LogP contribution is 2.31. The number of anilines is 1. The molecule has 6 nitrogen and oxygen atoms in total. The summed E-state index contributed by atoms with van der Waals surface area (Å²) in [6.45, 7) is 0. The van der Waals surface area contributed by atoms with Gasteiger partial charge in [-0.3, -0.25) is 14.2 Å². The Kier molecular flexibility index (Phi) is 5.36. The molecule has 158 valence electrons. The second-order valence-electron chi connectivity index (χ2n) is 7.56. The van der Waals surface area contributed by atoms with E-state index in [9.17, 15) is 18.0 Å². The van der Waals surface area contributed by atoms with E-state index in [1.807, 2.05) is 11.9 Å². The van der Waals surface area contributed by atoms with Gasteiger partial charge in [0.1, 0.15) is 11.5 Å². The fraction of sp³-hybridized carbons (Fsp3) is 0.381. The van der Waals surface area contributed by atoms with E-state index in [0.29, 0.717) is 11.4 Å². The first-order valence-corrected chi connectivity index (χ1v) is 9.82. The lowest BCUT2D eigenvalue weighted by Crippen LogP contribution is -2.43. The number of imidazole rings is 1. The van der Waals surface area contributed by atoms with Crippen molar-refractivity contribution in [3.05, 3.63) is 60.2 Å². The van der Waals surface area contributed by atoms with E-state index < -0.39 is 11.9 Å². The standard InChI is InChI=1S/C21H22F3N5O/c1-28(19-4-2-3-18-27-17(13-29(18)19)21(22,23)24)16-7-5-15(6-8-16)26-20(30)14-9-11-25-12-10-14/h2-4,9-13,15-16H,5-8H2,1H3,(H,26,30). The van der Waals surface area contributed by atoms with Gasteiger partial charge in [0.2, 0.25) is 0 Å². The zero-order valence-corrected chi connectivity index (χ0v) is 16.4. The molecule has 1 N–H and O–H groups in total. The monoisotopic (exact) mass is 417 g/mol. The van der Waals surface area contributed by atoms with Crippen LogP contribution >= 0.6 is 0 Å². The number of hydrogen-bond donors (Lipinski definition) is 1. The number of pyridine rings is 2. The van der Waals surface area contributed by atoms with Gasteiger partial charge >= 0.3 is 6.18 Å². The number of carbonyl (C=O) groups is 1. The molecule has 0 spiro atoms. The fourth-order valence-corrected chi connectivity index (χ4v) is 3.99. The average Bonchev–Trinajstić information content (AvgIpc) is 3.19. The molecule has 3 heterocycles. The predicted molar refractivity (Wildman–Crippen MR) is 106 cm³/mol. The Labute approximate surface area is 171 Å². The molecule has 1 saturated carbocycles. The molecule has 1 aliphatic rings. The van der Waals surface area contributed by atoms with Crippen molar-refractivity contribution in [2.45, 2.75) is 43.9 Å². The molecule has 1 fully saturated rings. The van der Waals surface area contributed by atoms with E-state index in [-0.39, 0.29) is 23.6 Å². The molecule has 30 heavy (non-hydrogen) atoms. The molecule has 1 amide bonds. The van der Waals surface area contributed by atoms with Crippen molar-refractivity contribution < 1.29 is 18.0 Å². The first-order valence-electron chi connectivity index (χ1n) is 9.82. The largest absolute Gasteiger partial charge is 0.434 e. The van der Waals surface area contributed by atoms with Gasteiger partial charge in [0.15, 0.2) is 5.69 Å². The minimum absolute atomic E-state index is 0.0798. The Morgan fingerprint density at radius 3 is 2.50 bits per heavy atom. The molecule has 3 aromatic rings. The van der Waals surface area contributed by atoms with E-state index in [4.69, 9.17) is 0 Å². The summed E-state index contributed by atoms with van der Waals surface area (Å²) in [6, 6.07) is 8.68. The maximum absolute atomic E-state index is 13.1. The average molecular weight is 417 g/mol. The van der Waals surface area contributed by atoms with Gasteiger partial charge in [-0.1, -0.05) is 6.07 Å². The quantitative estimate of drug-likeness (QED) is 0.699. The fourth-order valence-electron chi connectivity index (χ4n) is 3.99. The Morgan fingerprint density at radius 2 is 1.83 bits per heavy atom. The lowest BCUT2D eigenvalue weighted by Gasteiger charge is -2.36. The third-order valence-corrected chi connectivity index (χ3v) is 5.64.